The molecule has 84 valence electrons. The van der Waals surface area contributed by atoms with Gasteiger partial charge in [-0.15, -0.1) is 0 Å². The number of rotatable bonds is 4. The molecule has 2 unspecified atom stereocenters. The maximum atomic E-state index is 11.1. The molecule has 0 spiro atoms. The molecule has 0 aliphatic rings. The van der Waals surface area contributed by atoms with Gasteiger partial charge in [-0.05, 0) is 25.1 Å². The molecule has 0 bridgehead atoms. The largest absolute Gasteiger partial charge is 0.397 e. The van der Waals surface area contributed by atoms with Crippen molar-refractivity contribution in [2.24, 2.45) is 0 Å². The van der Waals surface area contributed by atoms with Crippen molar-refractivity contribution in [3.63, 3.8) is 0 Å². The van der Waals surface area contributed by atoms with Crippen molar-refractivity contribution in [3.05, 3.63) is 23.2 Å². The minimum absolute atomic E-state index is 0.0973. The summed E-state index contributed by atoms with van der Waals surface area (Å²) in [5.74, 6) is 0. The van der Waals surface area contributed by atoms with Crippen molar-refractivity contribution < 1.29 is 4.21 Å². The fraction of sp³-hybridized carbons (Fsp3) is 0.400. The third-order valence-electron chi connectivity index (χ3n) is 2.16. The van der Waals surface area contributed by atoms with Crippen LogP contribution >= 0.6 is 11.6 Å². The SMILES string of the molecule is CC(CNc1ccc(Cl)cc1N)S(C)=O. The molecule has 5 heteroatoms. The van der Waals surface area contributed by atoms with Gasteiger partial charge in [-0.2, -0.15) is 0 Å². The van der Waals surface area contributed by atoms with Crippen LogP contribution in [0.5, 0.6) is 0 Å². The zero-order valence-corrected chi connectivity index (χ0v) is 10.4. The first-order valence-electron chi connectivity index (χ1n) is 4.62. The van der Waals surface area contributed by atoms with Gasteiger partial charge in [-0.3, -0.25) is 4.21 Å². The minimum Gasteiger partial charge on any atom is -0.397 e. The smallest absolute Gasteiger partial charge is 0.0575 e. The number of anilines is 2. The summed E-state index contributed by atoms with van der Waals surface area (Å²) < 4.78 is 11.1. The summed E-state index contributed by atoms with van der Waals surface area (Å²) in [6, 6.07) is 5.29. The molecule has 0 saturated carbocycles. The van der Waals surface area contributed by atoms with Crippen LogP contribution < -0.4 is 11.1 Å². The predicted octanol–water partition coefficient (Wildman–Crippen LogP) is 2.10. The third kappa shape index (κ3) is 3.72. The maximum absolute atomic E-state index is 11.1. The lowest BCUT2D eigenvalue weighted by molar-refractivity contribution is 0.679. The summed E-state index contributed by atoms with van der Waals surface area (Å²) >= 11 is 5.77. The highest BCUT2D eigenvalue weighted by molar-refractivity contribution is 7.84. The van der Waals surface area contributed by atoms with Gasteiger partial charge in [0.2, 0.25) is 0 Å². The first-order chi connectivity index (χ1) is 7.00. The first kappa shape index (κ1) is 12.3. The van der Waals surface area contributed by atoms with Crippen LogP contribution in [0.4, 0.5) is 11.4 Å². The molecule has 1 aromatic carbocycles. The zero-order valence-electron chi connectivity index (χ0n) is 8.79. The van der Waals surface area contributed by atoms with Crippen molar-refractivity contribution in [1.82, 2.24) is 0 Å². The first-order valence-corrected chi connectivity index (χ1v) is 6.61. The van der Waals surface area contributed by atoms with Crippen molar-refractivity contribution >= 4 is 33.8 Å². The van der Waals surface area contributed by atoms with Gasteiger partial charge in [0.25, 0.3) is 0 Å². The Hall–Kier alpha value is -0.740. The van der Waals surface area contributed by atoms with Gasteiger partial charge in [0.15, 0.2) is 0 Å². The minimum atomic E-state index is -0.824. The van der Waals surface area contributed by atoms with E-state index in [2.05, 4.69) is 5.32 Å². The molecular weight excluding hydrogens is 232 g/mol. The molecular formula is C10H15ClN2OS. The van der Waals surface area contributed by atoms with E-state index in [1.54, 1.807) is 18.4 Å². The van der Waals surface area contributed by atoms with E-state index in [0.717, 1.165) is 5.69 Å². The van der Waals surface area contributed by atoms with Gasteiger partial charge in [0, 0.05) is 33.9 Å². The van der Waals surface area contributed by atoms with E-state index >= 15 is 0 Å². The average molecular weight is 247 g/mol. The van der Waals surface area contributed by atoms with E-state index in [4.69, 9.17) is 17.3 Å². The number of hydrogen-bond donors (Lipinski definition) is 2. The molecule has 1 aromatic rings. The lowest BCUT2D eigenvalue weighted by Crippen LogP contribution is -2.21. The Labute approximate surface area is 97.5 Å². The summed E-state index contributed by atoms with van der Waals surface area (Å²) in [5.41, 5.74) is 7.20. The Morgan fingerprint density at radius 3 is 2.80 bits per heavy atom. The Bertz CT molecular complexity index is 370. The summed E-state index contributed by atoms with van der Waals surface area (Å²) in [6.07, 6.45) is 1.69. The summed E-state index contributed by atoms with van der Waals surface area (Å²) in [6.45, 7) is 2.56. The third-order valence-corrected chi connectivity index (χ3v) is 3.70. The molecule has 0 fully saturated rings. The molecule has 3 nitrogen and oxygen atoms in total. The van der Waals surface area contributed by atoms with E-state index in [-0.39, 0.29) is 5.25 Å². The fourth-order valence-electron chi connectivity index (χ4n) is 1.07. The quantitative estimate of drug-likeness (QED) is 0.800. The van der Waals surface area contributed by atoms with Crippen LogP contribution in [0.3, 0.4) is 0 Å². The van der Waals surface area contributed by atoms with Crippen LogP contribution in [-0.4, -0.2) is 22.3 Å². The molecule has 0 heterocycles. The van der Waals surface area contributed by atoms with E-state index in [9.17, 15) is 4.21 Å². The topological polar surface area (TPSA) is 55.1 Å². The van der Waals surface area contributed by atoms with E-state index < -0.39 is 10.8 Å². The van der Waals surface area contributed by atoms with Crippen LogP contribution in [0.1, 0.15) is 6.92 Å². The summed E-state index contributed by atoms with van der Waals surface area (Å²) in [4.78, 5) is 0. The maximum Gasteiger partial charge on any atom is 0.0575 e. The fourth-order valence-corrected chi connectivity index (χ4v) is 1.56. The predicted molar refractivity (Wildman–Crippen MR) is 67.9 cm³/mol. The standard InChI is InChI=1S/C10H15ClN2OS/c1-7(15(2)14)6-13-10-4-3-8(11)5-9(10)12/h3-5,7,13H,6,12H2,1-2H3. The number of nitrogens with two attached hydrogens (primary N) is 1. The number of hydrogen-bond acceptors (Lipinski definition) is 3. The van der Waals surface area contributed by atoms with Crippen LogP contribution in [0.15, 0.2) is 18.2 Å². The Morgan fingerprint density at radius 1 is 1.60 bits per heavy atom. The number of nitrogen functional groups attached to an aromatic ring is 1. The molecule has 0 aliphatic heterocycles. The lowest BCUT2D eigenvalue weighted by atomic mass is 10.2. The van der Waals surface area contributed by atoms with Crippen molar-refractivity contribution in [3.8, 4) is 0 Å². The number of halogens is 1. The van der Waals surface area contributed by atoms with Crippen molar-refractivity contribution in [2.45, 2.75) is 12.2 Å². The van der Waals surface area contributed by atoms with Gasteiger partial charge in [-0.25, -0.2) is 0 Å². The van der Waals surface area contributed by atoms with Gasteiger partial charge >= 0.3 is 0 Å². The second kappa shape index (κ2) is 5.37. The highest BCUT2D eigenvalue weighted by Gasteiger charge is 2.06. The van der Waals surface area contributed by atoms with Gasteiger partial charge in [0.1, 0.15) is 0 Å². The lowest BCUT2D eigenvalue weighted by Gasteiger charge is -2.12. The second-order valence-corrected chi connectivity index (χ2v) is 5.66. The molecule has 3 N–H and O–H groups in total. The molecule has 0 aliphatic carbocycles. The zero-order chi connectivity index (χ0) is 11.4. The van der Waals surface area contributed by atoms with Gasteiger partial charge < -0.3 is 11.1 Å². The van der Waals surface area contributed by atoms with Crippen LogP contribution in [0.2, 0.25) is 5.02 Å². The molecule has 0 amide bonds. The number of benzene rings is 1. The highest BCUT2D eigenvalue weighted by Crippen LogP contribution is 2.22. The molecule has 0 radical (unpaired) electrons. The normalized spacial score (nSPS) is 14.6. The second-order valence-electron chi connectivity index (χ2n) is 3.42. The van der Waals surface area contributed by atoms with E-state index in [0.29, 0.717) is 17.3 Å². The van der Waals surface area contributed by atoms with Gasteiger partial charge in [0.05, 0.1) is 11.4 Å². The van der Waals surface area contributed by atoms with E-state index in [1.165, 1.54) is 0 Å². The summed E-state index contributed by atoms with van der Waals surface area (Å²) in [5, 5.41) is 3.86. The van der Waals surface area contributed by atoms with Gasteiger partial charge in [-0.1, -0.05) is 11.6 Å². The Kier molecular flexibility index (Phi) is 4.42. The molecule has 2 atom stereocenters. The Morgan fingerprint density at radius 2 is 2.27 bits per heavy atom. The monoisotopic (exact) mass is 246 g/mol. The van der Waals surface area contributed by atoms with Crippen LogP contribution in [0.25, 0.3) is 0 Å². The Balaban J connectivity index is 2.62. The average Bonchev–Trinajstić information content (AvgIpc) is 2.15. The van der Waals surface area contributed by atoms with Crippen LogP contribution in [-0.2, 0) is 10.8 Å². The molecule has 15 heavy (non-hydrogen) atoms. The van der Waals surface area contributed by atoms with Crippen molar-refractivity contribution in [2.75, 3.05) is 23.9 Å². The van der Waals surface area contributed by atoms with Crippen LogP contribution in [0, 0.1) is 0 Å². The summed E-state index contributed by atoms with van der Waals surface area (Å²) in [7, 11) is -0.824. The molecule has 0 saturated heterocycles. The van der Waals surface area contributed by atoms with E-state index in [1.807, 2.05) is 13.0 Å². The van der Waals surface area contributed by atoms with Crippen molar-refractivity contribution in [1.29, 1.82) is 0 Å². The highest BCUT2D eigenvalue weighted by atomic mass is 35.5. The number of nitrogens with one attached hydrogen (secondary N) is 1. The molecule has 0 aromatic heterocycles. The molecule has 1 rings (SSSR count).